The third kappa shape index (κ3) is 3.51. The van der Waals surface area contributed by atoms with Crippen LogP contribution in [0.2, 0.25) is 0 Å². The van der Waals surface area contributed by atoms with Gasteiger partial charge in [-0.3, -0.25) is 0 Å². The molecule has 6 heteroatoms. The molecule has 1 heterocycles. The molecule has 30 heavy (non-hydrogen) atoms. The van der Waals surface area contributed by atoms with Crippen molar-refractivity contribution in [1.82, 2.24) is 4.98 Å². The standard InChI is InChI=1S/C24H19ClFNO3/c1-2-30-24(11-10-16(12-21(24)25)15-6-4-3-5-7-15)22-14-19(23(28)29)18-13-17(26)8-9-20(18)27-22/h3-14,21H,2H2,1H3,(H,28,29). The summed E-state index contributed by atoms with van der Waals surface area (Å²) in [4.78, 5) is 16.5. The number of ether oxygens (including phenoxy) is 1. The number of fused-ring (bicyclic) bond motifs is 1. The number of carboxylic acids is 1. The summed E-state index contributed by atoms with van der Waals surface area (Å²) in [5.41, 5.74) is 1.47. The minimum Gasteiger partial charge on any atom is -0.478 e. The predicted molar refractivity (Wildman–Crippen MR) is 115 cm³/mol. The molecule has 0 spiro atoms. The van der Waals surface area contributed by atoms with Crippen molar-refractivity contribution < 1.29 is 19.0 Å². The van der Waals surface area contributed by atoms with E-state index in [9.17, 15) is 14.3 Å². The van der Waals surface area contributed by atoms with Gasteiger partial charge in [0.1, 0.15) is 11.4 Å². The number of nitrogens with zero attached hydrogens (tertiary/aromatic N) is 1. The smallest absolute Gasteiger partial charge is 0.336 e. The van der Waals surface area contributed by atoms with Crippen LogP contribution in [0.4, 0.5) is 4.39 Å². The molecule has 2 aromatic carbocycles. The number of allylic oxidation sites excluding steroid dienone is 2. The molecule has 0 radical (unpaired) electrons. The fraction of sp³-hybridized carbons (Fsp3) is 0.167. The minimum atomic E-state index is -1.17. The molecule has 1 aliphatic carbocycles. The Morgan fingerprint density at radius 3 is 2.67 bits per heavy atom. The molecule has 4 rings (SSSR count). The highest BCUT2D eigenvalue weighted by atomic mass is 35.5. The first kappa shape index (κ1) is 20.3. The maximum atomic E-state index is 13.7. The Bertz CT molecular complexity index is 1180. The van der Waals surface area contributed by atoms with Gasteiger partial charge in [-0.15, -0.1) is 11.6 Å². The lowest BCUT2D eigenvalue weighted by Gasteiger charge is -2.36. The van der Waals surface area contributed by atoms with Gasteiger partial charge < -0.3 is 9.84 Å². The molecule has 0 saturated carbocycles. The molecule has 0 aliphatic heterocycles. The van der Waals surface area contributed by atoms with Crippen molar-refractivity contribution in [2.75, 3.05) is 6.61 Å². The molecule has 1 N–H and O–H groups in total. The molecule has 1 aliphatic rings. The molecule has 0 bridgehead atoms. The van der Waals surface area contributed by atoms with Crippen LogP contribution in [-0.4, -0.2) is 28.0 Å². The average Bonchev–Trinajstić information content (AvgIpc) is 2.75. The quantitative estimate of drug-likeness (QED) is 0.545. The molecule has 2 atom stereocenters. The van der Waals surface area contributed by atoms with Gasteiger partial charge in [0.05, 0.1) is 22.2 Å². The summed E-state index contributed by atoms with van der Waals surface area (Å²) in [7, 11) is 0. The van der Waals surface area contributed by atoms with Crippen molar-refractivity contribution >= 4 is 34.0 Å². The van der Waals surface area contributed by atoms with Crippen LogP contribution in [0, 0.1) is 5.82 Å². The van der Waals surface area contributed by atoms with E-state index in [4.69, 9.17) is 16.3 Å². The second-order valence-electron chi connectivity index (χ2n) is 6.97. The Labute approximate surface area is 178 Å². The third-order valence-corrected chi connectivity index (χ3v) is 5.59. The Hall–Kier alpha value is -3.02. The molecule has 2 unspecified atom stereocenters. The van der Waals surface area contributed by atoms with E-state index in [-0.39, 0.29) is 10.9 Å². The van der Waals surface area contributed by atoms with Crippen molar-refractivity contribution in [3.8, 4) is 0 Å². The van der Waals surface area contributed by atoms with Crippen molar-refractivity contribution in [2.45, 2.75) is 17.9 Å². The summed E-state index contributed by atoms with van der Waals surface area (Å²) in [5.74, 6) is -1.70. The van der Waals surface area contributed by atoms with E-state index < -0.39 is 22.8 Å². The zero-order chi connectivity index (χ0) is 21.3. The minimum absolute atomic E-state index is 0.0521. The number of rotatable bonds is 5. The van der Waals surface area contributed by atoms with Crippen LogP contribution in [0.15, 0.2) is 72.8 Å². The monoisotopic (exact) mass is 423 g/mol. The highest BCUT2D eigenvalue weighted by Gasteiger charge is 2.41. The summed E-state index contributed by atoms with van der Waals surface area (Å²) in [5, 5.41) is 9.30. The fourth-order valence-corrected chi connectivity index (χ4v) is 4.09. The first-order valence-electron chi connectivity index (χ1n) is 9.53. The Balaban J connectivity index is 1.87. The van der Waals surface area contributed by atoms with E-state index in [0.29, 0.717) is 17.8 Å². The van der Waals surface area contributed by atoms with Gasteiger partial charge in [-0.05, 0) is 48.4 Å². The van der Waals surface area contributed by atoms with Gasteiger partial charge >= 0.3 is 5.97 Å². The largest absolute Gasteiger partial charge is 0.478 e. The van der Waals surface area contributed by atoms with Gasteiger partial charge in [0.15, 0.2) is 0 Å². The van der Waals surface area contributed by atoms with E-state index in [1.54, 1.807) is 0 Å². The molecule has 3 aromatic rings. The SMILES string of the molecule is CCOC1(c2cc(C(=O)O)c3cc(F)ccc3n2)C=CC(c2ccccc2)=CC1Cl. The van der Waals surface area contributed by atoms with E-state index in [1.807, 2.05) is 55.5 Å². The normalized spacial score (nSPS) is 20.9. The van der Waals surface area contributed by atoms with Crippen LogP contribution in [-0.2, 0) is 10.3 Å². The number of hydrogen-bond acceptors (Lipinski definition) is 3. The lowest BCUT2D eigenvalue weighted by Crippen LogP contribution is -2.39. The predicted octanol–water partition coefficient (Wildman–Crippen LogP) is 5.56. The number of carbonyl (C=O) groups is 1. The fourth-order valence-electron chi connectivity index (χ4n) is 3.71. The number of hydrogen-bond donors (Lipinski definition) is 1. The summed E-state index contributed by atoms with van der Waals surface area (Å²) in [6.07, 6.45) is 5.60. The van der Waals surface area contributed by atoms with Crippen molar-refractivity contribution in [3.05, 3.63) is 95.5 Å². The molecule has 152 valence electrons. The van der Waals surface area contributed by atoms with Gasteiger partial charge in [0, 0.05) is 12.0 Å². The van der Waals surface area contributed by atoms with E-state index in [0.717, 1.165) is 11.1 Å². The zero-order valence-corrected chi connectivity index (χ0v) is 16.9. The van der Waals surface area contributed by atoms with Crippen LogP contribution < -0.4 is 0 Å². The summed E-state index contributed by atoms with van der Waals surface area (Å²) >= 11 is 6.81. The maximum Gasteiger partial charge on any atom is 0.336 e. The molecule has 0 saturated heterocycles. The number of halogens is 2. The van der Waals surface area contributed by atoms with Crippen molar-refractivity contribution in [1.29, 1.82) is 0 Å². The van der Waals surface area contributed by atoms with Gasteiger partial charge in [-0.1, -0.05) is 42.5 Å². The van der Waals surface area contributed by atoms with Gasteiger partial charge in [0.25, 0.3) is 0 Å². The van der Waals surface area contributed by atoms with Crippen LogP contribution in [0.3, 0.4) is 0 Å². The first-order chi connectivity index (χ1) is 14.4. The Morgan fingerprint density at radius 1 is 1.23 bits per heavy atom. The van der Waals surface area contributed by atoms with Crippen molar-refractivity contribution in [2.24, 2.45) is 0 Å². The number of alkyl halides is 1. The highest BCUT2D eigenvalue weighted by molar-refractivity contribution is 6.23. The number of pyridine rings is 1. The molecular formula is C24H19ClFNO3. The molecule has 4 nitrogen and oxygen atoms in total. The van der Waals surface area contributed by atoms with Crippen LogP contribution >= 0.6 is 11.6 Å². The van der Waals surface area contributed by atoms with Crippen LogP contribution in [0.25, 0.3) is 16.5 Å². The summed E-state index contributed by atoms with van der Waals surface area (Å²) in [6, 6.07) is 15.1. The van der Waals surface area contributed by atoms with E-state index in [2.05, 4.69) is 4.98 Å². The molecular weight excluding hydrogens is 405 g/mol. The number of carboxylic acid groups (broad SMARTS) is 1. The first-order valence-corrected chi connectivity index (χ1v) is 9.97. The van der Waals surface area contributed by atoms with Crippen LogP contribution in [0.5, 0.6) is 0 Å². The molecule has 1 aromatic heterocycles. The average molecular weight is 424 g/mol. The summed E-state index contributed by atoms with van der Waals surface area (Å²) < 4.78 is 19.8. The maximum absolute atomic E-state index is 13.7. The van der Waals surface area contributed by atoms with Gasteiger partial charge in [-0.25, -0.2) is 14.2 Å². The second-order valence-corrected chi connectivity index (χ2v) is 7.44. The van der Waals surface area contributed by atoms with E-state index in [1.165, 1.54) is 24.3 Å². The number of benzene rings is 2. The van der Waals surface area contributed by atoms with Gasteiger partial charge in [-0.2, -0.15) is 0 Å². The van der Waals surface area contributed by atoms with Gasteiger partial charge in [0.2, 0.25) is 0 Å². The molecule has 0 amide bonds. The Morgan fingerprint density at radius 2 is 2.00 bits per heavy atom. The van der Waals surface area contributed by atoms with E-state index >= 15 is 0 Å². The lowest BCUT2D eigenvalue weighted by molar-refractivity contribution is -0.00340. The number of aromatic carboxylic acids is 1. The zero-order valence-electron chi connectivity index (χ0n) is 16.2. The Kier molecular flexibility index (Phi) is 5.41. The third-order valence-electron chi connectivity index (χ3n) is 5.14. The van der Waals surface area contributed by atoms with Crippen molar-refractivity contribution in [3.63, 3.8) is 0 Å². The lowest BCUT2D eigenvalue weighted by atomic mass is 9.85. The van der Waals surface area contributed by atoms with Crippen LogP contribution in [0.1, 0.15) is 28.5 Å². The topological polar surface area (TPSA) is 59.4 Å². The summed E-state index contributed by atoms with van der Waals surface area (Å²) in [6.45, 7) is 2.18. The highest BCUT2D eigenvalue weighted by Crippen LogP contribution is 2.41. The number of aromatic nitrogens is 1. The molecule has 0 fully saturated rings. The second kappa shape index (κ2) is 8.01.